The molecule has 0 unspecified atom stereocenters. The van der Waals surface area contributed by atoms with Crippen molar-refractivity contribution in [1.82, 2.24) is 9.80 Å². The van der Waals surface area contributed by atoms with Crippen LogP contribution in [0.15, 0.2) is 24.3 Å². The summed E-state index contributed by atoms with van der Waals surface area (Å²) < 4.78 is 0. The van der Waals surface area contributed by atoms with Gasteiger partial charge in [-0.3, -0.25) is 9.69 Å². The van der Waals surface area contributed by atoms with Gasteiger partial charge in [0.15, 0.2) is 0 Å². The van der Waals surface area contributed by atoms with Crippen LogP contribution in [-0.4, -0.2) is 47.4 Å². The number of piperidine rings is 3. The third-order valence-corrected chi connectivity index (χ3v) is 6.28. The first-order valence-corrected chi connectivity index (χ1v) is 9.17. The minimum Gasteiger partial charge on any atom is -0.337 e. The molecule has 124 valence electrons. The SMILES string of the molecule is Cc1ccc([C@H]2CN(C(=O)C(C)C)[C@@H]3C4CCN(CC4)[C@H]23)cc1. The molecule has 1 aromatic carbocycles. The Morgan fingerprint density at radius 3 is 2.35 bits per heavy atom. The van der Waals surface area contributed by atoms with E-state index >= 15 is 0 Å². The van der Waals surface area contributed by atoms with E-state index in [1.54, 1.807) is 0 Å². The van der Waals surface area contributed by atoms with Crippen molar-refractivity contribution in [2.75, 3.05) is 19.6 Å². The topological polar surface area (TPSA) is 23.6 Å². The van der Waals surface area contributed by atoms with Gasteiger partial charge in [0.25, 0.3) is 0 Å². The van der Waals surface area contributed by atoms with E-state index in [4.69, 9.17) is 0 Å². The molecule has 5 rings (SSSR count). The van der Waals surface area contributed by atoms with Crippen molar-refractivity contribution in [3.63, 3.8) is 0 Å². The molecule has 0 saturated carbocycles. The van der Waals surface area contributed by atoms with Gasteiger partial charge in [-0.25, -0.2) is 0 Å². The number of carbonyl (C=O) groups excluding carboxylic acids is 1. The Balaban J connectivity index is 1.70. The van der Waals surface area contributed by atoms with Gasteiger partial charge in [0.2, 0.25) is 5.91 Å². The number of hydrogen-bond donors (Lipinski definition) is 0. The number of carbonyl (C=O) groups is 1. The van der Waals surface area contributed by atoms with E-state index in [1.165, 1.54) is 37.1 Å². The Kier molecular flexibility index (Phi) is 3.72. The quantitative estimate of drug-likeness (QED) is 0.838. The predicted molar refractivity (Wildman–Crippen MR) is 92.3 cm³/mol. The molecule has 3 nitrogen and oxygen atoms in total. The highest BCUT2D eigenvalue weighted by atomic mass is 16.2. The molecule has 4 fully saturated rings. The Labute approximate surface area is 139 Å². The largest absolute Gasteiger partial charge is 0.337 e. The number of fused-ring (bicyclic) bond motifs is 2. The number of benzene rings is 1. The second-order valence-corrected chi connectivity index (χ2v) is 8.02. The number of rotatable bonds is 2. The van der Waals surface area contributed by atoms with E-state index in [9.17, 15) is 4.79 Å². The highest BCUT2D eigenvalue weighted by Gasteiger charge is 2.54. The average Bonchev–Trinajstić information content (AvgIpc) is 2.98. The molecule has 1 amide bonds. The average molecular weight is 312 g/mol. The van der Waals surface area contributed by atoms with Crippen molar-refractivity contribution in [2.45, 2.75) is 51.6 Å². The maximum Gasteiger partial charge on any atom is 0.225 e. The number of hydrogen-bond acceptors (Lipinski definition) is 2. The standard InChI is InChI=1S/C20H28N2O/c1-13(2)20(23)22-12-17(15-6-4-14(3)5-7-15)19-18(22)16-8-10-21(19)11-9-16/h4-7,13,16-19H,8-12H2,1-3H3/t17-,18-,19-/m1/s1. The molecule has 0 radical (unpaired) electrons. The van der Waals surface area contributed by atoms with Crippen molar-refractivity contribution in [1.29, 1.82) is 0 Å². The molecule has 23 heavy (non-hydrogen) atoms. The first-order valence-electron chi connectivity index (χ1n) is 9.17. The molecular formula is C20H28N2O. The Morgan fingerprint density at radius 2 is 1.74 bits per heavy atom. The zero-order chi connectivity index (χ0) is 16.1. The third kappa shape index (κ3) is 2.40. The monoisotopic (exact) mass is 312 g/mol. The van der Waals surface area contributed by atoms with E-state index in [-0.39, 0.29) is 5.92 Å². The zero-order valence-electron chi connectivity index (χ0n) is 14.5. The van der Waals surface area contributed by atoms with E-state index in [1.807, 2.05) is 13.8 Å². The lowest BCUT2D eigenvalue weighted by Gasteiger charge is -2.51. The summed E-state index contributed by atoms with van der Waals surface area (Å²) in [5.41, 5.74) is 2.72. The summed E-state index contributed by atoms with van der Waals surface area (Å²) in [6.45, 7) is 9.57. The first kappa shape index (κ1) is 15.2. The molecule has 3 atom stereocenters. The summed E-state index contributed by atoms with van der Waals surface area (Å²) in [5, 5.41) is 0. The van der Waals surface area contributed by atoms with Crippen LogP contribution in [-0.2, 0) is 4.79 Å². The molecular weight excluding hydrogens is 284 g/mol. The summed E-state index contributed by atoms with van der Waals surface area (Å²) >= 11 is 0. The first-order chi connectivity index (χ1) is 11.1. The summed E-state index contributed by atoms with van der Waals surface area (Å²) in [6.07, 6.45) is 2.54. The Bertz CT molecular complexity index is 586. The van der Waals surface area contributed by atoms with Crippen molar-refractivity contribution in [3.8, 4) is 0 Å². The van der Waals surface area contributed by atoms with Crippen molar-refractivity contribution in [3.05, 3.63) is 35.4 Å². The number of aryl methyl sites for hydroxylation is 1. The molecule has 0 aromatic heterocycles. The molecule has 4 aliphatic rings. The fourth-order valence-electron chi connectivity index (χ4n) is 5.11. The lowest BCUT2D eigenvalue weighted by Crippen LogP contribution is -2.61. The molecule has 4 aliphatic heterocycles. The van der Waals surface area contributed by atoms with Crippen LogP contribution in [0, 0.1) is 18.8 Å². The molecule has 0 spiro atoms. The molecule has 4 saturated heterocycles. The molecule has 0 aliphatic carbocycles. The fourth-order valence-corrected chi connectivity index (χ4v) is 5.11. The smallest absolute Gasteiger partial charge is 0.225 e. The van der Waals surface area contributed by atoms with Crippen LogP contribution in [0.3, 0.4) is 0 Å². The van der Waals surface area contributed by atoms with Gasteiger partial charge in [-0.1, -0.05) is 43.7 Å². The maximum absolute atomic E-state index is 12.8. The van der Waals surface area contributed by atoms with Crippen LogP contribution in [0.1, 0.15) is 43.7 Å². The van der Waals surface area contributed by atoms with E-state index in [0.717, 1.165) is 6.54 Å². The number of amides is 1. The van der Waals surface area contributed by atoms with Crippen LogP contribution >= 0.6 is 0 Å². The second kappa shape index (κ2) is 5.62. The molecule has 1 aromatic rings. The lowest BCUT2D eigenvalue weighted by molar-refractivity contribution is -0.139. The minimum absolute atomic E-state index is 0.0999. The Hall–Kier alpha value is -1.35. The third-order valence-electron chi connectivity index (χ3n) is 6.28. The van der Waals surface area contributed by atoms with Gasteiger partial charge in [-0.05, 0) is 44.3 Å². The van der Waals surface area contributed by atoms with E-state index in [2.05, 4.69) is 41.0 Å². The predicted octanol–water partition coefficient (Wildman–Crippen LogP) is 3.04. The second-order valence-electron chi connectivity index (χ2n) is 8.02. The summed E-state index contributed by atoms with van der Waals surface area (Å²) in [5.74, 6) is 1.64. The van der Waals surface area contributed by atoms with Gasteiger partial charge >= 0.3 is 0 Å². The van der Waals surface area contributed by atoms with Crippen molar-refractivity contribution in [2.24, 2.45) is 11.8 Å². The minimum atomic E-state index is 0.0999. The number of nitrogens with zero attached hydrogens (tertiary/aromatic N) is 2. The van der Waals surface area contributed by atoms with E-state index in [0.29, 0.717) is 29.8 Å². The maximum atomic E-state index is 12.8. The lowest BCUT2D eigenvalue weighted by atomic mass is 9.75. The fraction of sp³-hybridized carbons (Fsp3) is 0.650. The van der Waals surface area contributed by atoms with Gasteiger partial charge in [-0.2, -0.15) is 0 Å². The Morgan fingerprint density at radius 1 is 1.09 bits per heavy atom. The van der Waals surface area contributed by atoms with Gasteiger partial charge in [-0.15, -0.1) is 0 Å². The van der Waals surface area contributed by atoms with Crippen LogP contribution in [0.5, 0.6) is 0 Å². The summed E-state index contributed by atoms with van der Waals surface area (Å²) in [6, 6.07) is 9.97. The van der Waals surface area contributed by atoms with Crippen LogP contribution in [0.25, 0.3) is 0 Å². The number of likely N-dealkylation sites (tertiary alicyclic amines) is 1. The van der Waals surface area contributed by atoms with E-state index < -0.39 is 0 Å². The van der Waals surface area contributed by atoms with Crippen LogP contribution in [0.2, 0.25) is 0 Å². The summed E-state index contributed by atoms with van der Waals surface area (Å²) in [4.78, 5) is 17.7. The molecule has 3 heteroatoms. The van der Waals surface area contributed by atoms with Crippen LogP contribution < -0.4 is 0 Å². The van der Waals surface area contributed by atoms with Crippen molar-refractivity contribution >= 4 is 5.91 Å². The molecule has 0 N–H and O–H groups in total. The molecule has 4 heterocycles. The van der Waals surface area contributed by atoms with Gasteiger partial charge in [0.1, 0.15) is 0 Å². The highest BCUT2D eigenvalue weighted by molar-refractivity contribution is 5.79. The molecule has 2 bridgehead atoms. The van der Waals surface area contributed by atoms with Gasteiger partial charge in [0, 0.05) is 24.4 Å². The highest BCUT2D eigenvalue weighted by Crippen LogP contribution is 2.46. The summed E-state index contributed by atoms with van der Waals surface area (Å²) in [7, 11) is 0. The van der Waals surface area contributed by atoms with Gasteiger partial charge < -0.3 is 4.90 Å². The normalized spacial score (nSPS) is 35.7. The van der Waals surface area contributed by atoms with Crippen LogP contribution in [0.4, 0.5) is 0 Å². The van der Waals surface area contributed by atoms with Crippen molar-refractivity contribution < 1.29 is 4.79 Å². The van der Waals surface area contributed by atoms with Gasteiger partial charge in [0.05, 0.1) is 6.04 Å². The zero-order valence-corrected chi connectivity index (χ0v) is 14.5.